The monoisotopic (exact) mass is 268 g/mol. The zero-order valence-electron chi connectivity index (χ0n) is 9.73. The van der Waals surface area contributed by atoms with E-state index in [0.717, 1.165) is 37.5 Å². The highest BCUT2D eigenvalue weighted by molar-refractivity contribution is 7.80. The van der Waals surface area contributed by atoms with Crippen molar-refractivity contribution >= 4 is 28.8 Å². The largest absolute Gasteiger partial charge is 0.393 e. The summed E-state index contributed by atoms with van der Waals surface area (Å²) in [6, 6.07) is 7.99. The molecule has 1 fully saturated rings. The molecule has 0 amide bonds. The summed E-state index contributed by atoms with van der Waals surface area (Å²) in [5, 5.41) is 0.838. The molecule has 92 valence electrons. The van der Waals surface area contributed by atoms with Gasteiger partial charge >= 0.3 is 0 Å². The number of rotatable bonds is 3. The van der Waals surface area contributed by atoms with Crippen molar-refractivity contribution in [2.24, 2.45) is 11.7 Å². The number of likely N-dealkylation sites (tertiary alicyclic amines) is 1. The summed E-state index contributed by atoms with van der Waals surface area (Å²) >= 11 is 11.2. The number of nitrogens with two attached hydrogens (primary N) is 1. The molecule has 1 saturated heterocycles. The lowest BCUT2D eigenvalue weighted by atomic mass is 9.97. The molecule has 0 radical (unpaired) electrons. The second-order valence-electron chi connectivity index (χ2n) is 4.57. The number of hydrogen-bond acceptors (Lipinski definition) is 2. The van der Waals surface area contributed by atoms with Crippen LogP contribution in [0.4, 0.5) is 0 Å². The standard InChI is InChI=1S/C13H17ClN2S/c14-12-6-2-1-4-10(12)8-16-7-3-5-11(9-16)13(15)17/h1-2,4,6,11H,3,5,7-9H2,(H2,15,17). The molecule has 1 unspecified atom stereocenters. The van der Waals surface area contributed by atoms with Crippen LogP contribution in [0.25, 0.3) is 0 Å². The molecule has 2 nitrogen and oxygen atoms in total. The zero-order chi connectivity index (χ0) is 12.3. The topological polar surface area (TPSA) is 29.3 Å². The van der Waals surface area contributed by atoms with E-state index in [1.807, 2.05) is 18.2 Å². The average Bonchev–Trinajstić information content (AvgIpc) is 2.32. The first kappa shape index (κ1) is 12.8. The van der Waals surface area contributed by atoms with Crippen LogP contribution in [0.15, 0.2) is 24.3 Å². The van der Waals surface area contributed by atoms with E-state index in [-0.39, 0.29) is 0 Å². The van der Waals surface area contributed by atoms with Gasteiger partial charge in [-0.15, -0.1) is 0 Å². The molecule has 0 saturated carbocycles. The van der Waals surface area contributed by atoms with E-state index in [2.05, 4.69) is 11.0 Å². The fraction of sp³-hybridized carbons (Fsp3) is 0.462. The maximum Gasteiger partial charge on any atom is 0.0771 e. The summed E-state index contributed by atoms with van der Waals surface area (Å²) in [6.45, 7) is 2.95. The Morgan fingerprint density at radius 3 is 2.94 bits per heavy atom. The molecule has 1 aliphatic heterocycles. The van der Waals surface area contributed by atoms with Gasteiger partial charge in [-0.1, -0.05) is 42.0 Å². The van der Waals surface area contributed by atoms with Crippen molar-refractivity contribution in [1.82, 2.24) is 4.90 Å². The highest BCUT2D eigenvalue weighted by atomic mass is 35.5. The lowest BCUT2D eigenvalue weighted by Gasteiger charge is -2.32. The first-order valence-electron chi connectivity index (χ1n) is 5.92. The minimum atomic E-state index is 0.362. The predicted molar refractivity (Wildman–Crippen MR) is 76.2 cm³/mol. The van der Waals surface area contributed by atoms with E-state index in [4.69, 9.17) is 29.6 Å². The van der Waals surface area contributed by atoms with E-state index in [1.165, 1.54) is 5.56 Å². The van der Waals surface area contributed by atoms with Gasteiger partial charge in [-0.2, -0.15) is 0 Å². The van der Waals surface area contributed by atoms with Crippen LogP contribution >= 0.6 is 23.8 Å². The van der Waals surface area contributed by atoms with Gasteiger partial charge in [-0.25, -0.2) is 0 Å². The van der Waals surface area contributed by atoms with Crippen molar-refractivity contribution in [3.63, 3.8) is 0 Å². The average molecular weight is 269 g/mol. The molecular formula is C13H17ClN2S. The van der Waals surface area contributed by atoms with Gasteiger partial charge in [0.05, 0.1) is 4.99 Å². The summed E-state index contributed by atoms with van der Waals surface area (Å²) in [6.07, 6.45) is 2.28. The lowest BCUT2D eigenvalue weighted by Crippen LogP contribution is -2.40. The summed E-state index contributed by atoms with van der Waals surface area (Å²) in [4.78, 5) is 3.03. The Morgan fingerprint density at radius 1 is 1.47 bits per heavy atom. The molecule has 2 N–H and O–H groups in total. The SMILES string of the molecule is NC(=S)C1CCCN(Cc2ccccc2Cl)C1. The predicted octanol–water partition coefficient (Wildman–Crippen LogP) is 2.84. The van der Waals surface area contributed by atoms with Gasteiger partial charge in [0.2, 0.25) is 0 Å². The molecule has 17 heavy (non-hydrogen) atoms. The second-order valence-corrected chi connectivity index (χ2v) is 5.45. The summed E-state index contributed by atoms with van der Waals surface area (Å²) < 4.78 is 0. The highest BCUT2D eigenvalue weighted by Gasteiger charge is 2.22. The Balaban J connectivity index is 1.99. The maximum absolute atomic E-state index is 6.17. The molecule has 1 aliphatic rings. The lowest BCUT2D eigenvalue weighted by molar-refractivity contribution is 0.197. The van der Waals surface area contributed by atoms with E-state index < -0.39 is 0 Å². The van der Waals surface area contributed by atoms with Crippen LogP contribution < -0.4 is 5.73 Å². The van der Waals surface area contributed by atoms with E-state index in [1.54, 1.807) is 0 Å². The van der Waals surface area contributed by atoms with E-state index >= 15 is 0 Å². The number of hydrogen-bond donors (Lipinski definition) is 1. The molecule has 1 atom stereocenters. The Labute approximate surface area is 113 Å². The van der Waals surface area contributed by atoms with Crippen molar-refractivity contribution in [3.05, 3.63) is 34.9 Å². The minimum Gasteiger partial charge on any atom is -0.393 e. The van der Waals surface area contributed by atoms with Crippen LogP contribution in [0.1, 0.15) is 18.4 Å². The van der Waals surface area contributed by atoms with Crippen LogP contribution in [0.2, 0.25) is 5.02 Å². The first-order valence-corrected chi connectivity index (χ1v) is 6.70. The molecule has 4 heteroatoms. The fourth-order valence-electron chi connectivity index (χ4n) is 2.30. The van der Waals surface area contributed by atoms with Gasteiger partial charge in [0.15, 0.2) is 0 Å². The van der Waals surface area contributed by atoms with Gasteiger partial charge in [0.1, 0.15) is 0 Å². The Bertz CT molecular complexity index is 408. The van der Waals surface area contributed by atoms with Gasteiger partial charge < -0.3 is 5.73 Å². The molecule has 0 aliphatic carbocycles. The molecule has 0 bridgehead atoms. The third kappa shape index (κ3) is 3.41. The van der Waals surface area contributed by atoms with Crippen molar-refractivity contribution in [1.29, 1.82) is 0 Å². The zero-order valence-corrected chi connectivity index (χ0v) is 11.3. The second kappa shape index (κ2) is 5.80. The first-order chi connectivity index (χ1) is 8.16. The van der Waals surface area contributed by atoms with Crippen molar-refractivity contribution in [3.8, 4) is 0 Å². The molecule has 1 heterocycles. The number of benzene rings is 1. The Hall–Kier alpha value is -0.640. The minimum absolute atomic E-state index is 0.362. The summed E-state index contributed by atoms with van der Waals surface area (Å²) in [5.41, 5.74) is 6.91. The summed E-state index contributed by atoms with van der Waals surface area (Å²) in [5.74, 6) is 0.362. The highest BCUT2D eigenvalue weighted by Crippen LogP contribution is 2.22. The number of thiocarbonyl (C=S) groups is 1. The number of halogens is 1. The van der Waals surface area contributed by atoms with Gasteiger partial charge in [-0.05, 0) is 31.0 Å². The normalized spacial score (nSPS) is 21.4. The Morgan fingerprint density at radius 2 is 2.24 bits per heavy atom. The van der Waals surface area contributed by atoms with Gasteiger partial charge in [0.25, 0.3) is 0 Å². The smallest absolute Gasteiger partial charge is 0.0771 e. The maximum atomic E-state index is 6.17. The fourth-order valence-corrected chi connectivity index (χ4v) is 2.69. The van der Waals surface area contributed by atoms with Gasteiger partial charge in [-0.3, -0.25) is 4.90 Å². The van der Waals surface area contributed by atoms with Crippen molar-refractivity contribution < 1.29 is 0 Å². The van der Waals surface area contributed by atoms with E-state index in [9.17, 15) is 0 Å². The molecule has 1 aromatic rings. The van der Waals surface area contributed by atoms with Crippen molar-refractivity contribution in [2.45, 2.75) is 19.4 Å². The van der Waals surface area contributed by atoms with Crippen molar-refractivity contribution in [2.75, 3.05) is 13.1 Å². The Kier molecular flexibility index (Phi) is 4.37. The molecule has 0 spiro atoms. The summed E-state index contributed by atoms with van der Waals surface area (Å²) in [7, 11) is 0. The molecule has 2 rings (SSSR count). The number of piperidine rings is 1. The molecule has 1 aromatic carbocycles. The molecular weight excluding hydrogens is 252 g/mol. The quantitative estimate of drug-likeness (QED) is 0.855. The van der Waals surface area contributed by atoms with Crippen LogP contribution in [0.3, 0.4) is 0 Å². The number of nitrogens with zero attached hydrogens (tertiary/aromatic N) is 1. The van der Waals surface area contributed by atoms with E-state index in [0.29, 0.717) is 10.9 Å². The third-order valence-corrected chi connectivity index (χ3v) is 3.96. The molecule has 0 aromatic heterocycles. The third-order valence-electron chi connectivity index (χ3n) is 3.26. The van der Waals surface area contributed by atoms with Crippen LogP contribution in [0.5, 0.6) is 0 Å². The van der Waals surface area contributed by atoms with Crippen LogP contribution in [-0.4, -0.2) is 23.0 Å². The van der Waals surface area contributed by atoms with Crippen LogP contribution in [0, 0.1) is 5.92 Å². The van der Waals surface area contributed by atoms with Crippen LogP contribution in [-0.2, 0) is 6.54 Å². The van der Waals surface area contributed by atoms with Gasteiger partial charge in [0, 0.05) is 24.0 Å².